The van der Waals surface area contributed by atoms with Crippen LogP contribution in [0.4, 0.5) is 16.2 Å². The van der Waals surface area contributed by atoms with Crippen LogP contribution in [0.5, 0.6) is 5.75 Å². The number of aliphatic hydroxyl groups excluding tert-OH is 1. The van der Waals surface area contributed by atoms with Crippen LogP contribution in [-0.4, -0.2) is 81.3 Å². The fraction of sp³-hybridized carbons (Fsp3) is 0.462. The summed E-state index contributed by atoms with van der Waals surface area (Å²) in [4.78, 5) is 26.9. The number of hydrogen-bond donors (Lipinski definition) is 3. The molecule has 226 valence electrons. The number of benzene rings is 1. The van der Waals surface area contributed by atoms with Gasteiger partial charge in [-0.3, -0.25) is 9.36 Å². The highest BCUT2D eigenvalue weighted by atomic mass is 32.5. The number of fused-ring (bicyclic) bond motifs is 1. The van der Waals surface area contributed by atoms with Crippen LogP contribution in [0.15, 0.2) is 36.7 Å². The van der Waals surface area contributed by atoms with Gasteiger partial charge in [0.2, 0.25) is 11.6 Å². The Hall–Kier alpha value is -3.38. The summed E-state index contributed by atoms with van der Waals surface area (Å²) in [7, 11) is 3.48. The number of nitrogens with zero attached hydrogens (tertiary/aromatic N) is 5. The summed E-state index contributed by atoms with van der Waals surface area (Å²) in [6.07, 6.45) is 1.81. The molecular formula is C26H33FN7O6PS. The minimum Gasteiger partial charge on any atom is -0.462 e. The highest BCUT2D eigenvalue weighted by Gasteiger charge is 2.58. The van der Waals surface area contributed by atoms with Crippen molar-refractivity contribution in [2.75, 3.05) is 31.3 Å². The molecule has 1 fully saturated rings. The van der Waals surface area contributed by atoms with Gasteiger partial charge in [0, 0.05) is 14.1 Å². The molecule has 3 heterocycles. The minimum absolute atomic E-state index is 0.0773. The van der Waals surface area contributed by atoms with Crippen molar-refractivity contribution in [2.45, 2.75) is 57.0 Å². The fourth-order valence-corrected chi connectivity index (χ4v) is 6.64. The number of anilines is 2. The molecule has 0 saturated carbocycles. The summed E-state index contributed by atoms with van der Waals surface area (Å²) in [6.45, 7) is 1.02. The van der Waals surface area contributed by atoms with Gasteiger partial charge in [0.25, 0.3) is 0 Å². The van der Waals surface area contributed by atoms with Crippen molar-refractivity contribution in [2.24, 2.45) is 0 Å². The maximum absolute atomic E-state index is 16.3. The van der Waals surface area contributed by atoms with Crippen LogP contribution in [0.25, 0.3) is 11.2 Å². The molecule has 1 saturated heterocycles. The quantitative estimate of drug-likeness (QED) is 0.163. The van der Waals surface area contributed by atoms with Gasteiger partial charge in [-0.1, -0.05) is 24.1 Å². The number of ether oxygens (including phenoxy) is 2. The highest BCUT2D eigenvalue weighted by molar-refractivity contribution is 8.09. The normalized spacial score (nSPS) is 24.2. The van der Waals surface area contributed by atoms with Crippen LogP contribution in [0.1, 0.15) is 27.0 Å². The number of carbonyl (C=O) groups is 1. The van der Waals surface area contributed by atoms with Gasteiger partial charge < -0.3 is 34.3 Å². The molecule has 1 aliphatic heterocycles. The lowest BCUT2D eigenvalue weighted by Crippen LogP contribution is -2.42. The summed E-state index contributed by atoms with van der Waals surface area (Å²) in [5.41, 5.74) is 3.65. The third-order valence-electron chi connectivity index (χ3n) is 6.20. The first-order valence-electron chi connectivity index (χ1n) is 12.9. The molecule has 0 amide bonds. The number of alkyl halides is 1. The van der Waals surface area contributed by atoms with Gasteiger partial charge in [0.1, 0.15) is 24.0 Å². The van der Waals surface area contributed by atoms with Crippen molar-refractivity contribution in [3.8, 4) is 18.1 Å². The molecule has 1 aromatic carbocycles. The van der Waals surface area contributed by atoms with Crippen molar-refractivity contribution >= 4 is 47.3 Å². The average Bonchev–Trinajstić information content (AvgIpc) is 3.45. The Labute approximate surface area is 247 Å². The molecule has 0 bridgehead atoms. The molecule has 0 radical (unpaired) electrons. The van der Waals surface area contributed by atoms with Crippen LogP contribution < -0.4 is 20.2 Å². The number of halogens is 1. The van der Waals surface area contributed by atoms with E-state index in [1.165, 1.54) is 10.9 Å². The molecule has 3 aromatic rings. The Kier molecular flexibility index (Phi) is 9.36. The minimum atomic E-state index is -3.51. The van der Waals surface area contributed by atoms with Crippen LogP contribution in [0.2, 0.25) is 0 Å². The number of para-hydroxylation sites is 1. The van der Waals surface area contributed by atoms with Crippen molar-refractivity contribution in [3.05, 3.63) is 36.7 Å². The Morgan fingerprint density at radius 1 is 1.36 bits per heavy atom. The second-order valence-corrected chi connectivity index (χ2v) is 13.2. The SMILES string of the molecule is C#C[C@@]1(F)[C@H](O)[C@@H](CO[P@@](=S)(N[C@@H](C)C(=O)OC(C)C)Oc2ccccc2)O[C@H]1n1cnc2c(N(C)C)nc(N)nc21. The molecule has 0 aliphatic carbocycles. The summed E-state index contributed by atoms with van der Waals surface area (Å²) >= 11 is 5.70. The first-order valence-corrected chi connectivity index (χ1v) is 15.6. The molecular weight excluding hydrogens is 588 g/mol. The maximum Gasteiger partial charge on any atom is 0.323 e. The lowest BCUT2D eigenvalue weighted by molar-refractivity contribution is -0.149. The van der Waals surface area contributed by atoms with Gasteiger partial charge in [-0.2, -0.15) is 9.97 Å². The molecule has 0 spiro atoms. The molecule has 0 unspecified atom stereocenters. The summed E-state index contributed by atoms with van der Waals surface area (Å²) in [6, 6.07) is 7.66. The molecule has 42 heavy (non-hydrogen) atoms. The predicted molar refractivity (Wildman–Crippen MR) is 158 cm³/mol. The topological polar surface area (TPSA) is 159 Å². The van der Waals surface area contributed by atoms with E-state index in [2.05, 4.69) is 20.0 Å². The third-order valence-corrected chi connectivity index (χ3v) is 8.70. The van der Waals surface area contributed by atoms with Gasteiger partial charge in [0.15, 0.2) is 23.2 Å². The Morgan fingerprint density at radius 3 is 2.67 bits per heavy atom. The number of hydrogen-bond acceptors (Lipinski definition) is 12. The lowest BCUT2D eigenvalue weighted by atomic mass is 9.97. The number of nitrogen functional groups attached to an aromatic ring is 1. The number of nitrogens with one attached hydrogen (secondary N) is 1. The molecule has 13 nitrogen and oxygen atoms in total. The first kappa shape index (κ1) is 31.6. The molecule has 1 aliphatic rings. The van der Waals surface area contributed by atoms with E-state index in [0.29, 0.717) is 17.1 Å². The summed E-state index contributed by atoms with van der Waals surface area (Å²) in [5, 5.41) is 13.9. The zero-order chi connectivity index (χ0) is 30.8. The van der Waals surface area contributed by atoms with Crippen LogP contribution in [0, 0.1) is 12.3 Å². The van der Waals surface area contributed by atoms with E-state index in [9.17, 15) is 9.90 Å². The molecule has 4 N–H and O–H groups in total. The summed E-state index contributed by atoms with van der Waals surface area (Å²) < 4.78 is 40.7. The van der Waals surface area contributed by atoms with E-state index in [1.54, 1.807) is 70.1 Å². The van der Waals surface area contributed by atoms with Gasteiger partial charge in [0.05, 0.1) is 19.0 Å². The van der Waals surface area contributed by atoms with Gasteiger partial charge >= 0.3 is 12.6 Å². The van der Waals surface area contributed by atoms with E-state index in [1.807, 2.05) is 5.92 Å². The predicted octanol–water partition coefficient (Wildman–Crippen LogP) is 2.32. The first-order chi connectivity index (χ1) is 19.8. The number of aromatic nitrogens is 4. The number of nitrogens with two attached hydrogens (primary N) is 1. The lowest BCUT2D eigenvalue weighted by Gasteiger charge is -2.28. The Balaban J connectivity index is 1.61. The van der Waals surface area contributed by atoms with Crippen molar-refractivity contribution in [1.82, 2.24) is 24.6 Å². The van der Waals surface area contributed by atoms with Crippen molar-refractivity contribution < 1.29 is 32.8 Å². The molecule has 16 heteroatoms. The largest absolute Gasteiger partial charge is 0.462 e. The second kappa shape index (κ2) is 12.5. The molecule has 6 atom stereocenters. The van der Waals surface area contributed by atoms with E-state index < -0.39 is 49.4 Å². The van der Waals surface area contributed by atoms with E-state index in [-0.39, 0.29) is 17.7 Å². The third kappa shape index (κ3) is 6.49. The van der Waals surface area contributed by atoms with Gasteiger partial charge in [-0.05, 0) is 44.7 Å². The smallest absolute Gasteiger partial charge is 0.323 e. The zero-order valence-electron chi connectivity index (χ0n) is 23.7. The number of rotatable bonds is 11. The van der Waals surface area contributed by atoms with Crippen LogP contribution >= 0.6 is 6.64 Å². The summed E-state index contributed by atoms with van der Waals surface area (Å²) in [5.74, 6) is 2.14. The maximum atomic E-state index is 16.3. The number of aliphatic hydroxyl groups is 1. The van der Waals surface area contributed by atoms with Crippen LogP contribution in [-0.2, 0) is 30.6 Å². The molecule has 4 rings (SSSR count). The standard InChI is InChI=1S/C26H33FN7O6PS/c1-7-26(27)20(35)18(39-24(26)34-14-29-19-21(33(5)6)30-25(28)31-22(19)34)13-37-41(42,40-17-11-9-8-10-12-17)32-16(4)23(36)38-15(2)3/h1,8-12,14-16,18,20,24,35H,13H2,2-6H3,(H,32,42)(H2,28,30,31)/t16-,18+,20+,24+,26+,41-/m0/s1. The highest BCUT2D eigenvalue weighted by Crippen LogP contribution is 2.48. The van der Waals surface area contributed by atoms with Crippen LogP contribution in [0.3, 0.4) is 0 Å². The fourth-order valence-electron chi connectivity index (χ4n) is 4.22. The van der Waals surface area contributed by atoms with Gasteiger partial charge in [-0.25, -0.2) is 14.5 Å². The number of terminal acetylenes is 1. The monoisotopic (exact) mass is 621 g/mol. The van der Waals surface area contributed by atoms with Crippen molar-refractivity contribution in [3.63, 3.8) is 0 Å². The Morgan fingerprint density at radius 2 is 2.05 bits per heavy atom. The Bertz CT molecular complexity index is 1520. The number of imidazole rings is 1. The zero-order valence-corrected chi connectivity index (χ0v) is 25.4. The van der Waals surface area contributed by atoms with E-state index in [0.717, 1.165) is 0 Å². The van der Waals surface area contributed by atoms with Crippen molar-refractivity contribution in [1.29, 1.82) is 0 Å². The van der Waals surface area contributed by atoms with E-state index in [4.69, 9.17) is 42.5 Å². The van der Waals surface area contributed by atoms with Gasteiger partial charge in [-0.15, -0.1) is 6.42 Å². The second-order valence-electron chi connectivity index (χ2n) is 10.0. The van der Waals surface area contributed by atoms with E-state index >= 15 is 4.39 Å². The average molecular weight is 622 g/mol. The number of esters is 1. The number of carbonyl (C=O) groups excluding carboxylic acids is 1. The molecule has 2 aromatic heterocycles.